The lowest BCUT2D eigenvalue weighted by Gasteiger charge is -2.24. The van der Waals surface area contributed by atoms with Crippen molar-refractivity contribution in [3.8, 4) is 11.5 Å². The first-order chi connectivity index (χ1) is 9.41. The van der Waals surface area contributed by atoms with Crippen molar-refractivity contribution in [1.82, 2.24) is 5.32 Å². The van der Waals surface area contributed by atoms with Crippen LogP contribution >= 0.6 is 0 Å². The molecule has 0 heterocycles. The Kier molecular flexibility index (Phi) is 5.55. The minimum absolute atomic E-state index is 0.0970. The number of ether oxygens (including phenoxy) is 2. The van der Waals surface area contributed by atoms with Gasteiger partial charge in [-0.1, -0.05) is 6.92 Å². The number of hydrogen-bond acceptors (Lipinski definition) is 4. The fraction of sp³-hybridized carbons (Fsp3) is 0.467. The Bertz CT molecular complexity index is 483. The third-order valence-electron chi connectivity index (χ3n) is 3.04. The highest BCUT2D eigenvalue weighted by Crippen LogP contribution is 2.27. The van der Waals surface area contributed by atoms with Crippen molar-refractivity contribution in [3.05, 3.63) is 23.8 Å². The van der Waals surface area contributed by atoms with Gasteiger partial charge in [-0.15, -0.1) is 0 Å². The smallest absolute Gasteiger partial charge is 0.258 e. The molecule has 0 bridgehead atoms. The Morgan fingerprint density at radius 3 is 2.60 bits per heavy atom. The molecule has 0 aliphatic heterocycles. The molecule has 5 nitrogen and oxygen atoms in total. The molecule has 20 heavy (non-hydrogen) atoms. The number of rotatable bonds is 7. The van der Waals surface area contributed by atoms with Crippen molar-refractivity contribution in [3.63, 3.8) is 0 Å². The van der Waals surface area contributed by atoms with Crippen molar-refractivity contribution < 1.29 is 19.1 Å². The molecule has 0 unspecified atom stereocenters. The van der Waals surface area contributed by atoms with Gasteiger partial charge in [-0.3, -0.25) is 9.59 Å². The van der Waals surface area contributed by atoms with Crippen molar-refractivity contribution in [2.45, 2.75) is 32.7 Å². The van der Waals surface area contributed by atoms with E-state index in [1.165, 1.54) is 7.11 Å². The van der Waals surface area contributed by atoms with Crippen LogP contribution in [0, 0.1) is 0 Å². The van der Waals surface area contributed by atoms with Crippen molar-refractivity contribution in [2.24, 2.45) is 0 Å². The molecule has 1 rings (SSSR count). The predicted octanol–water partition coefficient (Wildman–Crippen LogP) is 2.19. The molecule has 0 fully saturated rings. The monoisotopic (exact) mass is 279 g/mol. The van der Waals surface area contributed by atoms with E-state index in [-0.39, 0.29) is 18.1 Å². The van der Waals surface area contributed by atoms with E-state index in [2.05, 4.69) is 5.32 Å². The van der Waals surface area contributed by atoms with Crippen molar-refractivity contribution in [1.29, 1.82) is 0 Å². The first kappa shape index (κ1) is 16.0. The van der Waals surface area contributed by atoms with E-state index >= 15 is 0 Å². The molecule has 110 valence electrons. The summed E-state index contributed by atoms with van der Waals surface area (Å²) in [4.78, 5) is 22.5. The average molecular weight is 279 g/mol. The number of benzene rings is 1. The number of aldehydes is 1. The number of methoxy groups -OCH3 is 1. The average Bonchev–Trinajstić information content (AvgIpc) is 2.44. The number of carbonyl (C=O) groups excluding carboxylic acids is 2. The SMILES string of the molecule is CCC(C)(C)NC(=O)COc1ccc(C=O)cc1OC. The molecule has 0 saturated carbocycles. The highest BCUT2D eigenvalue weighted by Gasteiger charge is 2.18. The molecule has 0 aromatic heterocycles. The lowest BCUT2D eigenvalue weighted by atomic mass is 10.0. The van der Waals surface area contributed by atoms with E-state index in [4.69, 9.17) is 9.47 Å². The molecule has 0 aliphatic rings. The van der Waals surface area contributed by atoms with Gasteiger partial charge in [-0.2, -0.15) is 0 Å². The zero-order chi connectivity index (χ0) is 15.2. The molecule has 1 N–H and O–H groups in total. The highest BCUT2D eigenvalue weighted by molar-refractivity contribution is 5.79. The van der Waals surface area contributed by atoms with Crippen LogP contribution in [0.2, 0.25) is 0 Å². The highest BCUT2D eigenvalue weighted by atomic mass is 16.5. The Hall–Kier alpha value is -2.04. The molecule has 0 aliphatic carbocycles. The second-order valence-corrected chi connectivity index (χ2v) is 5.10. The van der Waals surface area contributed by atoms with Gasteiger partial charge in [0.15, 0.2) is 18.1 Å². The van der Waals surface area contributed by atoms with Crippen LogP contribution < -0.4 is 14.8 Å². The fourth-order valence-corrected chi connectivity index (χ4v) is 1.52. The van der Waals surface area contributed by atoms with Gasteiger partial charge >= 0.3 is 0 Å². The van der Waals surface area contributed by atoms with Crippen LogP contribution in [0.15, 0.2) is 18.2 Å². The lowest BCUT2D eigenvalue weighted by molar-refractivity contribution is -0.124. The first-order valence-electron chi connectivity index (χ1n) is 6.49. The number of hydrogen-bond donors (Lipinski definition) is 1. The van der Waals surface area contributed by atoms with E-state index in [9.17, 15) is 9.59 Å². The largest absolute Gasteiger partial charge is 0.493 e. The van der Waals surface area contributed by atoms with Crippen LogP contribution in [-0.4, -0.2) is 31.4 Å². The van der Waals surface area contributed by atoms with Crippen LogP contribution in [-0.2, 0) is 4.79 Å². The normalized spacial score (nSPS) is 10.8. The topological polar surface area (TPSA) is 64.6 Å². The van der Waals surface area contributed by atoms with Gasteiger partial charge in [0.05, 0.1) is 7.11 Å². The Morgan fingerprint density at radius 1 is 1.35 bits per heavy atom. The first-order valence-corrected chi connectivity index (χ1v) is 6.49. The molecule has 5 heteroatoms. The zero-order valence-corrected chi connectivity index (χ0v) is 12.4. The van der Waals surface area contributed by atoms with Crippen LogP contribution in [0.3, 0.4) is 0 Å². The van der Waals surface area contributed by atoms with Gasteiger partial charge in [0, 0.05) is 11.1 Å². The van der Waals surface area contributed by atoms with E-state index in [0.717, 1.165) is 12.7 Å². The summed E-state index contributed by atoms with van der Waals surface area (Å²) < 4.78 is 10.6. The summed E-state index contributed by atoms with van der Waals surface area (Å²) >= 11 is 0. The van der Waals surface area contributed by atoms with E-state index in [1.54, 1.807) is 18.2 Å². The summed E-state index contributed by atoms with van der Waals surface area (Å²) in [5, 5.41) is 2.88. The predicted molar refractivity (Wildman–Crippen MR) is 76.4 cm³/mol. The second kappa shape index (κ2) is 6.93. The summed E-state index contributed by atoms with van der Waals surface area (Å²) in [5.74, 6) is 0.665. The van der Waals surface area contributed by atoms with Gasteiger partial charge in [0.25, 0.3) is 5.91 Å². The third-order valence-corrected chi connectivity index (χ3v) is 3.04. The number of nitrogens with one attached hydrogen (secondary N) is 1. The molecule has 1 amide bonds. The molecular weight excluding hydrogens is 258 g/mol. The standard InChI is InChI=1S/C15H21NO4/c1-5-15(2,3)16-14(18)10-20-12-7-6-11(9-17)8-13(12)19-4/h6-9H,5,10H2,1-4H3,(H,16,18). The van der Waals surface area contributed by atoms with Crippen LogP contribution in [0.25, 0.3) is 0 Å². The quantitative estimate of drug-likeness (QED) is 0.777. The second-order valence-electron chi connectivity index (χ2n) is 5.10. The molecule has 0 saturated heterocycles. The van der Waals surface area contributed by atoms with E-state index < -0.39 is 0 Å². The molecular formula is C15H21NO4. The molecule has 0 spiro atoms. The fourth-order valence-electron chi connectivity index (χ4n) is 1.52. The summed E-state index contributed by atoms with van der Waals surface area (Å²) in [6, 6.07) is 4.79. The summed E-state index contributed by atoms with van der Waals surface area (Å²) in [5.41, 5.74) is 0.233. The molecule has 1 aromatic carbocycles. The molecule has 0 radical (unpaired) electrons. The van der Waals surface area contributed by atoms with E-state index in [1.807, 2.05) is 20.8 Å². The zero-order valence-electron chi connectivity index (χ0n) is 12.4. The van der Waals surface area contributed by atoms with Gasteiger partial charge < -0.3 is 14.8 Å². The molecule has 0 atom stereocenters. The Morgan fingerprint density at radius 2 is 2.05 bits per heavy atom. The Balaban J connectivity index is 2.66. The summed E-state index contributed by atoms with van der Waals surface area (Å²) in [7, 11) is 1.48. The van der Waals surface area contributed by atoms with Crippen LogP contribution in [0.1, 0.15) is 37.6 Å². The summed E-state index contributed by atoms with van der Waals surface area (Å²) in [6.07, 6.45) is 1.55. The van der Waals surface area contributed by atoms with Gasteiger partial charge in [-0.05, 0) is 38.5 Å². The van der Waals surface area contributed by atoms with Gasteiger partial charge in [-0.25, -0.2) is 0 Å². The molecule has 1 aromatic rings. The maximum Gasteiger partial charge on any atom is 0.258 e. The number of carbonyl (C=O) groups is 2. The van der Waals surface area contributed by atoms with Gasteiger partial charge in [0.1, 0.15) is 6.29 Å². The maximum atomic E-state index is 11.8. The minimum atomic E-state index is -0.258. The minimum Gasteiger partial charge on any atom is -0.493 e. The third kappa shape index (κ3) is 4.57. The lowest BCUT2D eigenvalue weighted by Crippen LogP contribution is -2.44. The number of amides is 1. The van der Waals surface area contributed by atoms with Crippen molar-refractivity contribution >= 4 is 12.2 Å². The maximum absolute atomic E-state index is 11.8. The van der Waals surface area contributed by atoms with Crippen molar-refractivity contribution in [2.75, 3.05) is 13.7 Å². The summed E-state index contributed by atoms with van der Waals surface area (Å²) in [6.45, 7) is 5.80. The van der Waals surface area contributed by atoms with Crippen LogP contribution in [0.5, 0.6) is 11.5 Å². The van der Waals surface area contributed by atoms with E-state index in [0.29, 0.717) is 17.1 Å². The van der Waals surface area contributed by atoms with Gasteiger partial charge in [0.2, 0.25) is 0 Å². The van der Waals surface area contributed by atoms with Crippen LogP contribution in [0.4, 0.5) is 0 Å². The Labute approximate surface area is 119 Å².